The second-order valence-corrected chi connectivity index (χ2v) is 5.74. The molecular weight excluding hydrogens is 299 g/mol. The Balaban J connectivity index is 1.96. The molecule has 0 aliphatic rings. The Hall–Kier alpha value is -1.29. The SMILES string of the molecule is Clc1ccc(Sc2ncc3ccccc3n2)c(Cl)c1. The molecule has 0 spiro atoms. The van der Waals surface area contributed by atoms with Gasteiger partial charge in [0.15, 0.2) is 5.16 Å². The molecule has 3 rings (SSSR count). The second kappa shape index (κ2) is 5.37. The van der Waals surface area contributed by atoms with Crippen LogP contribution in [0.3, 0.4) is 0 Å². The van der Waals surface area contributed by atoms with Crippen molar-refractivity contribution >= 4 is 45.9 Å². The third-order valence-corrected chi connectivity index (χ3v) is 4.18. The number of benzene rings is 2. The Morgan fingerprint density at radius 3 is 2.68 bits per heavy atom. The molecule has 0 saturated heterocycles. The van der Waals surface area contributed by atoms with Crippen molar-refractivity contribution in [3.05, 3.63) is 58.7 Å². The molecule has 0 fully saturated rings. The summed E-state index contributed by atoms with van der Waals surface area (Å²) in [6, 6.07) is 13.3. The Kier molecular flexibility index (Phi) is 3.60. The van der Waals surface area contributed by atoms with Gasteiger partial charge in [-0.25, -0.2) is 9.97 Å². The number of rotatable bonds is 2. The predicted octanol–water partition coefficient (Wildman–Crippen LogP) is 5.09. The lowest BCUT2D eigenvalue weighted by atomic mass is 10.2. The molecule has 3 aromatic rings. The molecule has 0 radical (unpaired) electrons. The maximum absolute atomic E-state index is 6.14. The number of halogens is 2. The molecule has 0 saturated carbocycles. The molecule has 0 amide bonds. The van der Waals surface area contributed by atoms with Crippen molar-refractivity contribution in [2.75, 3.05) is 0 Å². The third kappa shape index (κ3) is 2.84. The van der Waals surface area contributed by atoms with Gasteiger partial charge in [-0.05, 0) is 36.0 Å². The fourth-order valence-electron chi connectivity index (χ4n) is 1.66. The van der Waals surface area contributed by atoms with Gasteiger partial charge in [0.2, 0.25) is 0 Å². The Labute approximate surface area is 124 Å². The monoisotopic (exact) mass is 306 g/mol. The standard InChI is InChI=1S/C14H8Cl2N2S/c15-10-5-6-13(11(16)7-10)19-14-17-8-9-3-1-2-4-12(9)18-14/h1-8H. The van der Waals surface area contributed by atoms with Crippen LogP contribution in [0.5, 0.6) is 0 Å². The van der Waals surface area contributed by atoms with E-state index >= 15 is 0 Å². The number of hydrogen-bond acceptors (Lipinski definition) is 3. The molecule has 0 bridgehead atoms. The first-order valence-corrected chi connectivity index (χ1v) is 7.14. The van der Waals surface area contributed by atoms with Crippen LogP contribution in [0.1, 0.15) is 0 Å². The largest absolute Gasteiger partial charge is 0.230 e. The van der Waals surface area contributed by atoms with E-state index in [1.165, 1.54) is 11.8 Å². The zero-order valence-electron chi connectivity index (χ0n) is 9.68. The van der Waals surface area contributed by atoms with Crippen LogP contribution >= 0.6 is 35.0 Å². The first kappa shape index (κ1) is 12.7. The smallest absolute Gasteiger partial charge is 0.193 e. The first-order chi connectivity index (χ1) is 9.22. The number of aromatic nitrogens is 2. The van der Waals surface area contributed by atoms with E-state index in [9.17, 15) is 0 Å². The first-order valence-electron chi connectivity index (χ1n) is 5.57. The summed E-state index contributed by atoms with van der Waals surface area (Å²) in [5.74, 6) is 0. The van der Waals surface area contributed by atoms with Gasteiger partial charge in [0.05, 0.1) is 10.5 Å². The molecule has 5 heteroatoms. The molecule has 1 aromatic heterocycles. The zero-order chi connectivity index (χ0) is 13.2. The average Bonchev–Trinajstić information content (AvgIpc) is 2.42. The van der Waals surface area contributed by atoms with E-state index < -0.39 is 0 Å². The quantitative estimate of drug-likeness (QED) is 0.617. The highest BCUT2D eigenvalue weighted by Gasteiger charge is 2.06. The Bertz CT molecular complexity index is 746. The van der Waals surface area contributed by atoms with Gasteiger partial charge in [0.25, 0.3) is 0 Å². The number of fused-ring (bicyclic) bond motifs is 1. The Morgan fingerprint density at radius 1 is 1.00 bits per heavy atom. The van der Waals surface area contributed by atoms with Crippen LogP contribution in [-0.4, -0.2) is 9.97 Å². The van der Waals surface area contributed by atoms with Crippen molar-refractivity contribution in [3.63, 3.8) is 0 Å². The lowest BCUT2D eigenvalue weighted by molar-refractivity contribution is 1.00. The van der Waals surface area contributed by atoms with Crippen LogP contribution in [0.4, 0.5) is 0 Å². The van der Waals surface area contributed by atoms with Gasteiger partial charge in [0, 0.05) is 21.5 Å². The molecule has 0 aliphatic heterocycles. The fraction of sp³-hybridized carbons (Fsp3) is 0. The van der Waals surface area contributed by atoms with E-state index in [0.717, 1.165) is 15.8 Å². The summed E-state index contributed by atoms with van der Waals surface area (Å²) in [7, 11) is 0. The van der Waals surface area contributed by atoms with E-state index in [1.54, 1.807) is 12.1 Å². The van der Waals surface area contributed by atoms with Gasteiger partial charge < -0.3 is 0 Å². The molecule has 1 heterocycles. The lowest BCUT2D eigenvalue weighted by Gasteiger charge is -2.04. The summed E-state index contributed by atoms with van der Waals surface area (Å²) in [5.41, 5.74) is 0.921. The molecule has 94 valence electrons. The Morgan fingerprint density at radius 2 is 1.84 bits per heavy atom. The second-order valence-electron chi connectivity index (χ2n) is 3.89. The van der Waals surface area contributed by atoms with E-state index in [0.29, 0.717) is 15.2 Å². The minimum absolute atomic E-state index is 0.606. The van der Waals surface area contributed by atoms with E-state index in [2.05, 4.69) is 9.97 Å². The van der Waals surface area contributed by atoms with Gasteiger partial charge in [-0.3, -0.25) is 0 Å². The highest BCUT2D eigenvalue weighted by molar-refractivity contribution is 7.99. The normalized spacial score (nSPS) is 10.8. The molecular formula is C14H8Cl2N2S. The van der Waals surface area contributed by atoms with Crippen LogP contribution in [0.15, 0.2) is 58.7 Å². The maximum Gasteiger partial charge on any atom is 0.193 e. The molecule has 19 heavy (non-hydrogen) atoms. The predicted molar refractivity (Wildman–Crippen MR) is 80.1 cm³/mol. The van der Waals surface area contributed by atoms with E-state index in [-0.39, 0.29) is 0 Å². The van der Waals surface area contributed by atoms with Crippen molar-refractivity contribution in [3.8, 4) is 0 Å². The van der Waals surface area contributed by atoms with Crippen LogP contribution < -0.4 is 0 Å². The van der Waals surface area contributed by atoms with Gasteiger partial charge in [0.1, 0.15) is 0 Å². The van der Waals surface area contributed by atoms with Crippen LogP contribution in [0.25, 0.3) is 10.9 Å². The molecule has 0 atom stereocenters. The minimum Gasteiger partial charge on any atom is -0.230 e. The zero-order valence-corrected chi connectivity index (χ0v) is 12.0. The number of para-hydroxylation sites is 1. The summed E-state index contributed by atoms with van der Waals surface area (Å²) in [6.45, 7) is 0. The number of nitrogens with zero attached hydrogens (tertiary/aromatic N) is 2. The van der Waals surface area contributed by atoms with Crippen molar-refractivity contribution in [2.24, 2.45) is 0 Å². The number of hydrogen-bond donors (Lipinski definition) is 0. The van der Waals surface area contributed by atoms with Gasteiger partial charge >= 0.3 is 0 Å². The van der Waals surface area contributed by atoms with Crippen LogP contribution in [0.2, 0.25) is 10.0 Å². The maximum atomic E-state index is 6.14. The summed E-state index contributed by atoms with van der Waals surface area (Å²) >= 11 is 13.4. The lowest BCUT2D eigenvalue weighted by Crippen LogP contribution is -1.87. The molecule has 0 N–H and O–H groups in total. The highest BCUT2D eigenvalue weighted by Crippen LogP contribution is 2.33. The highest BCUT2D eigenvalue weighted by atomic mass is 35.5. The van der Waals surface area contributed by atoms with Gasteiger partial charge in [-0.15, -0.1) is 0 Å². The van der Waals surface area contributed by atoms with Crippen LogP contribution in [-0.2, 0) is 0 Å². The average molecular weight is 307 g/mol. The molecule has 0 aliphatic carbocycles. The molecule has 0 unspecified atom stereocenters. The van der Waals surface area contributed by atoms with E-state index in [4.69, 9.17) is 23.2 Å². The fourth-order valence-corrected chi connectivity index (χ4v) is 2.92. The third-order valence-electron chi connectivity index (χ3n) is 2.56. The summed E-state index contributed by atoms with van der Waals surface area (Å²) < 4.78 is 0. The van der Waals surface area contributed by atoms with Crippen LogP contribution in [0, 0.1) is 0 Å². The van der Waals surface area contributed by atoms with E-state index in [1.807, 2.05) is 36.5 Å². The van der Waals surface area contributed by atoms with Crippen molar-refractivity contribution in [1.82, 2.24) is 9.97 Å². The van der Waals surface area contributed by atoms with Crippen molar-refractivity contribution in [2.45, 2.75) is 10.1 Å². The van der Waals surface area contributed by atoms with Gasteiger partial charge in [-0.1, -0.05) is 41.4 Å². The molecule has 2 nitrogen and oxygen atoms in total. The summed E-state index contributed by atoms with van der Waals surface area (Å²) in [6.07, 6.45) is 1.81. The van der Waals surface area contributed by atoms with Gasteiger partial charge in [-0.2, -0.15) is 0 Å². The topological polar surface area (TPSA) is 25.8 Å². The summed E-state index contributed by atoms with van der Waals surface area (Å²) in [4.78, 5) is 9.71. The van der Waals surface area contributed by atoms with Crippen molar-refractivity contribution in [1.29, 1.82) is 0 Å². The minimum atomic E-state index is 0.606. The van der Waals surface area contributed by atoms with Crippen molar-refractivity contribution < 1.29 is 0 Å². The summed E-state index contributed by atoms with van der Waals surface area (Å²) in [5, 5.41) is 2.92. The molecule has 2 aromatic carbocycles.